The number of aromatic nitrogens is 3. The topological polar surface area (TPSA) is 70.9 Å². The van der Waals surface area contributed by atoms with Crippen LogP contribution in [-0.2, 0) is 0 Å². The van der Waals surface area contributed by atoms with Crippen molar-refractivity contribution in [2.75, 3.05) is 0 Å². The van der Waals surface area contributed by atoms with Gasteiger partial charge < -0.3 is 10.1 Å². The molecule has 0 amide bonds. The summed E-state index contributed by atoms with van der Waals surface area (Å²) in [5.41, 5.74) is 2.66. The molecule has 19 heavy (non-hydrogen) atoms. The van der Waals surface area contributed by atoms with Gasteiger partial charge in [0.2, 0.25) is 0 Å². The molecule has 94 valence electrons. The molecule has 0 saturated heterocycles. The number of carboxylic acids is 1. The highest BCUT2D eigenvalue weighted by Crippen LogP contribution is 2.16. The summed E-state index contributed by atoms with van der Waals surface area (Å²) in [4.78, 5) is 13.7. The molecule has 0 bridgehead atoms. The molecule has 3 aromatic rings. The summed E-state index contributed by atoms with van der Waals surface area (Å²) in [6.07, 6.45) is 5.33. The van der Waals surface area contributed by atoms with Gasteiger partial charge in [0.25, 0.3) is 0 Å². The molecular weight excluding hydrogens is 242 g/mol. The van der Waals surface area contributed by atoms with Crippen LogP contribution in [0.4, 0.5) is 0 Å². The highest BCUT2D eigenvalue weighted by molar-refractivity contribution is 5.93. The van der Waals surface area contributed by atoms with Crippen LogP contribution >= 0.6 is 0 Å². The van der Waals surface area contributed by atoms with Crippen molar-refractivity contribution in [1.29, 1.82) is 0 Å². The van der Waals surface area contributed by atoms with E-state index in [4.69, 9.17) is 5.11 Å². The Kier molecular flexibility index (Phi) is 2.64. The lowest BCUT2D eigenvalue weighted by Crippen LogP contribution is -1.95. The molecule has 0 saturated carbocycles. The molecule has 0 spiro atoms. The van der Waals surface area contributed by atoms with Crippen molar-refractivity contribution in [1.82, 2.24) is 14.8 Å². The quantitative estimate of drug-likeness (QED) is 0.753. The number of hydrogen-bond acceptors (Lipinski definition) is 2. The first-order chi connectivity index (χ1) is 9.24. The van der Waals surface area contributed by atoms with Gasteiger partial charge in [-0.25, -0.2) is 9.48 Å². The molecule has 2 heterocycles. The number of H-pyrrole nitrogens is 1. The van der Waals surface area contributed by atoms with E-state index in [2.05, 4.69) is 10.1 Å². The van der Waals surface area contributed by atoms with Crippen molar-refractivity contribution < 1.29 is 9.90 Å². The van der Waals surface area contributed by atoms with Gasteiger partial charge in [0.1, 0.15) is 5.69 Å². The van der Waals surface area contributed by atoms with E-state index in [1.54, 1.807) is 23.1 Å². The Balaban J connectivity index is 1.97. The Bertz CT molecular complexity index is 753. The van der Waals surface area contributed by atoms with Crippen LogP contribution in [0, 0.1) is 0 Å². The molecule has 5 heteroatoms. The summed E-state index contributed by atoms with van der Waals surface area (Å²) in [6, 6.07) is 11.4. The van der Waals surface area contributed by atoms with Crippen LogP contribution < -0.4 is 0 Å². The Morgan fingerprint density at radius 1 is 1.32 bits per heavy atom. The van der Waals surface area contributed by atoms with Gasteiger partial charge in [-0.1, -0.05) is 30.3 Å². The number of nitrogens with zero attached hydrogens (tertiary/aromatic N) is 2. The third-order valence-corrected chi connectivity index (χ3v) is 2.82. The lowest BCUT2D eigenvalue weighted by molar-refractivity contribution is 0.0691. The number of aromatic amines is 1. The van der Waals surface area contributed by atoms with Crippen LogP contribution in [0.25, 0.3) is 23.3 Å². The summed E-state index contributed by atoms with van der Waals surface area (Å²) in [5, 5.41) is 13.1. The van der Waals surface area contributed by atoms with Gasteiger partial charge in [0.05, 0.1) is 17.2 Å². The number of fused-ring (bicyclic) bond motifs is 1. The molecule has 0 fully saturated rings. The van der Waals surface area contributed by atoms with Gasteiger partial charge in [-0.05, 0) is 17.7 Å². The molecule has 3 rings (SSSR count). The number of nitrogens with one attached hydrogen (secondary N) is 1. The molecule has 2 N–H and O–H groups in total. The second kappa shape index (κ2) is 4.45. The number of hydrogen-bond donors (Lipinski definition) is 2. The van der Waals surface area contributed by atoms with E-state index < -0.39 is 5.97 Å². The third-order valence-electron chi connectivity index (χ3n) is 2.82. The average Bonchev–Trinajstić information content (AvgIpc) is 2.98. The van der Waals surface area contributed by atoms with Crippen molar-refractivity contribution in [3.8, 4) is 0 Å². The smallest absolute Gasteiger partial charge is 0.352 e. The van der Waals surface area contributed by atoms with Crippen LogP contribution in [0.2, 0.25) is 0 Å². The largest absolute Gasteiger partial charge is 0.477 e. The maximum Gasteiger partial charge on any atom is 0.352 e. The first-order valence-corrected chi connectivity index (χ1v) is 5.77. The van der Waals surface area contributed by atoms with E-state index in [9.17, 15) is 4.79 Å². The van der Waals surface area contributed by atoms with Gasteiger partial charge in [0, 0.05) is 6.20 Å². The number of benzene rings is 1. The highest BCUT2D eigenvalue weighted by atomic mass is 16.4. The lowest BCUT2D eigenvalue weighted by Gasteiger charge is -1.94. The van der Waals surface area contributed by atoms with Crippen molar-refractivity contribution in [2.24, 2.45) is 0 Å². The Hall–Kier alpha value is -2.82. The maximum atomic E-state index is 10.9. The summed E-state index contributed by atoms with van der Waals surface area (Å²) in [5.74, 6) is -0.977. The minimum Gasteiger partial charge on any atom is -0.477 e. The van der Waals surface area contributed by atoms with E-state index in [1.165, 1.54) is 0 Å². The Morgan fingerprint density at radius 3 is 2.84 bits per heavy atom. The Labute approximate surface area is 108 Å². The molecule has 0 aliphatic carbocycles. The van der Waals surface area contributed by atoms with Crippen LogP contribution in [0.3, 0.4) is 0 Å². The van der Waals surface area contributed by atoms with Crippen molar-refractivity contribution in [3.05, 3.63) is 53.9 Å². The predicted molar refractivity (Wildman–Crippen MR) is 72.7 cm³/mol. The molecule has 0 aliphatic heterocycles. The summed E-state index contributed by atoms with van der Waals surface area (Å²) < 4.78 is 1.64. The van der Waals surface area contributed by atoms with Gasteiger partial charge in [-0.15, -0.1) is 0 Å². The van der Waals surface area contributed by atoms with Gasteiger partial charge >= 0.3 is 5.97 Å². The number of carbonyl (C=O) groups is 1. The zero-order valence-electron chi connectivity index (χ0n) is 9.95. The number of carboxylic acid groups (broad SMARTS) is 1. The average molecular weight is 253 g/mol. The molecule has 0 radical (unpaired) electrons. The minimum absolute atomic E-state index is 0.161. The summed E-state index contributed by atoms with van der Waals surface area (Å²) in [7, 11) is 0. The number of rotatable bonds is 3. The van der Waals surface area contributed by atoms with Crippen LogP contribution in [0.1, 0.15) is 16.1 Å². The third kappa shape index (κ3) is 2.13. The fraction of sp³-hybridized carbons (Fsp3) is 0. The monoisotopic (exact) mass is 253 g/mol. The van der Waals surface area contributed by atoms with E-state index in [1.807, 2.05) is 36.4 Å². The lowest BCUT2D eigenvalue weighted by atomic mass is 10.2. The van der Waals surface area contributed by atoms with Gasteiger partial charge in [-0.3, -0.25) is 0 Å². The van der Waals surface area contributed by atoms with Crippen molar-refractivity contribution in [3.63, 3.8) is 0 Å². The van der Waals surface area contributed by atoms with Crippen LogP contribution in [-0.4, -0.2) is 25.8 Å². The van der Waals surface area contributed by atoms with Gasteiger partial charge in [0.15, 0.2) is 0 Å². The van der Waals surface area contributed by atoms with E-state index in [0.717, 1.165) is 11.1 Å². The highest BCUT2D eigenvalue weighted by Gasteiger charge is 2.10. The normalized spacial score (nSPS) is 11.4. The van der Waals surface area contributed by atoms with Crippen molar-refractivity contribution >= 4 is 29.3 Å². The first kappa shape index (κ1) is 11.3. The standard InChI is InChI=1S/C14H11N3O2/c18-14(19)11-8-13-12(16-11)9-15-17(13)7-6-10-4-2-1-3-5-10/h1-9,16H,(H,18,19). The molecular formula is C14H11N3O2. The molecule has 0 aliphatic rings. The zero-order chi connectivity index (χ0) is 13.2. The SMILES string of the molecule is O=C(O)c1cc2c(cnn2C=Cc2ccccc2)[nH]1. The van der Waals surface area contributed by atoms with Crippen LogP contribution in [0.15, 0.2) is 42.6 Å². The van der Waals surface area contributed by atoms with E-state index >= 15 is 0 Å². The molecule has 2 aromatic heterocycles. The van der Waals surface area contributed by atoms with Crippen molar-refractivity contribution in [2.45, 2.75) is 0 Å². The van der Waals surface area contributed by atoms with E-state index in [-0.39, 0.29) is 5.69 Å². The van der Waals surface area contributed by atoms with Gasteiger partial charge in [-0.2, -0.15) is 5.10 Å². The second-order valence-electron chi connectivity index (χ2n) is 4.10. The Morgan fingerprint density at radius 2 is 2.11 bits per heavy atom. The minimum atomic E-state index is -0.977. The first-order valence-electron chi connectivity index (χ1n) is 5.77. The zero-order valence-corrected chi connectivity index (χ0v) is 9.95. The molecule has 5 nitrogen and oxygen atoms in total. The second-order valence-corrected chi connectivity index (χ2v) is 4.10. The predicted octanol–water partition coefficient (Wildman–Crippen LogP) is 2.69. The summed E-state index contributed by atoms with van der Waals surface area (Å²) in [6.45, 7) is 0. The van der Waals surface area contributed by atoms with E-state index in [0.29, 0.717) is 5.52 Å². The fourth-order valence-corrected chi connectivity index (χ4v) is 1.88. The summed E-state index contributed by atoms with van der Waals surface area (Å²) >= 11 is 0. The number of aromatic carboxylic acids is 1. The fourth-order valence-electron chi connectivity index (χ4n) is 1.88. The molecule has 0 unspecified atom stereocenters. The molecule has 0 atom stereocenters. The van der Waals surface area contributed by atoms with Crippen LogP contribution in [0.5, 0.6) is 0 Å². The molecule has 1 aromatic carbocycles. The maximum absolute atomic E-state index is 10.9.